The molecule has 0 atom stereocenters. The monoisotopic (exact) mass is 318 g/mol. The molecule has 0 saturated carbocycles. The molecule has 8 heteroatoms. The molecule has 21 heavy (non-hydrogen) atoms. The number of alkyl halides is 3. The maximum absolute atomic E-state index is 12.2. The summed E-state index contributed by atoms with van der Waals surface area (Å²) in [6, 6.07) is 4.46. The van der Waals surface area contributed by atoms with Crippen LogP contribution in [0.2, 0.25) is 0 Å². The van der Waals surface area contributed by atoms with E-state index in [1.807, 2.05) is 6.92 Å². The van der Waals surface area contributed by atoms with Crippen LogP contribution in [0.15, 0.2) is 18.2 Å². The van der Waals surface area contributed by atoms with Gasteiger partial charge >= 0.3 is 11.5 Å². The first-order chi connectivity index (χ1) is 9.81. The van der Waals surface area contributed by atoms with E-state index in [1.165, 1.54) is 12.1 Å². The lowest BCUT2D eigenvalue weighted by atomic mass is 10.2. The molecule has 0 aliphatic carbocycles. The van der Waals surface area contributed by atoms with Crippen LogP contribution in [-0.4, -0.2) is 31.9 Å². The Morgan fingerprint density at radius 1 is 1.43 bits per heavy atom. The van der Waals surface area contributed by atoms with E-state index >= 15 is 0 Å². The number of aryl methyl sites for hydroxylation is 2. The van der Waals surface area contributed by atoms with Crippen molar-refractivity contribution in [3.05, 3.63) is 29.6 Å². The summed E-state index contributed by atoms with van der Waals surface area (Å²) in [7, 11) is 0. The summed E-state index contributed by atoms with van der Waals surface area (Å²) < 4.78 is 38.3. The molecule has 0 unspecified atom stereocenters. The zero-order valence-corrected chi connectivity index (χ0v) is 12.0. The lowest BCUT2D eigenvalue weighted by Crippen LogP contribution is -2.09. The first-order valence-electron chi connectivity index (χ1n) is 6.25. The summed E-state index contributed by atoms with van der Waals surface area (Å²) in [5, 5.41) is 9.00. The van der Waals surface area contributed by atoms with Crippen LogP contribution in [0.1, 0.15) is 23.1 Å². The van der Waals surface area contributed by atoms with E-state index in [9.17, 15) is 18.0 Å². The smallest absolute Gasteiger partial charge is 0.441 e. The number of hydrogen-bond acceptors (Lipinski definition) is 3. The van der Waals surface area contributed by atoms with E-state index < -0.39 is 11.5 Å². The van der Waals surface area contributed by atoms with E-state index in [4.69, 9.17) is 5.11 Å². The van der Waals surface area contributed by atoms with E-state index in [0.717, 1.165) is 0 Å². The summed E-state index contributed by atoms with van der Waals surface area (Å²) >= 11 is -0.0949. The normalized spacial score (nSPS) is 12.0. The largest absolute Gasteiger partial charge is 0.478 e. The molecule has 4 nitrogen and oxygen atoms in total. The highest BCUT2D eigenvalue weighted by Crippen LogP contribution is 2.30. The second kappa shape index (κ2) is 5.97. The van der Waals surface area contributed by atoms with Gasteiger partial charge in [0.15, 0.2) is 0 Å². The Morgan fingerprint density at radius 3 is 2.71 bits per heavy atom. The third-order valence-electron chi connectivity index (χ3n) is 2.97. The van der Waals surface area contributed by atoms with Crippen molar-refractivity contribution in [3.63, 3.8) is 0 Å². The van der Waals surface area contributed by atoms with E-state index in [2.05, 4.69) is 4.98 Å². The van der Waals surface area contributed by atoms with Gasteiger partial charge in [-0.1, -0.05) is 6.92 Å². The van der Waals surface area contributed by atoms with Crippen molar-refractivity contribution >= 4 is 28.8 Å². The second-order valence-corrected chi connectivity index (χ2v) is 5.50. The summed E-state index contributed by atoms with van der Waals surface area (Å²) in [6.45, 7) is 1.99. The second-order valence-electron chi connectivity index (χ2n) is 4.34. The Labute approximate surface area is 123 Å². The van der Waals surface area contributed by atoms with Gasteiger partial charge in [0.25, 0.3) is 0 Å². The number of fused-ring (bicyclic) bond motifs is 1. The van der Waals surface area contributed by atoms with E-state index in [1.54, 1.807) is 10.6 Å². The van der Waals surface area contributed by atoms with Crippen LogP contribution in [0, 0.1) is 0 Å². The molecule has 0 aliphatic heterocycles. The summed E-state index contributed by atoms with van der Waals surface area (Å²) in [5.74, 6) is -0.568. The number of thioether (sulfide) groups is 1. The standard InChI is InChI=1S/C13H13F3N2O2S/c1-2-11-17-9-4-3-8(12(19)20)7-10(9)18(11)5-6-21-13(14,15)16/h3-4,7H,2,5-6H2,1H3,(H,19,20). The van der Waals surface area contributed by atoms with Crippen molar-refractivity contribution in [1.29, 1.82) is 0 Å². The molecule has 2 aromatic rings. The van der Waals surface area contributed by atoms with Crippen LogP contribution in [0.25, 0.3) is 11.0 Å². The average molecular weight is 318 g/mol. The maximum atomic E-state index is 12.2. The van der Waals surface area contributed by atoms with Gasteiger partial charge in [0.2, 0.25) is 0 Å². The summed E-state index contributed by atoms with van der Waals surface area (Å²) in [5.41, 5.74) is -3.03. The zero-order chi connectivity index (χ0) is 15.6. The number of carboxylic acids is 1. The number of rotatable bonds is 5. The molecular weight excluding hydrogens is 305 g/mol. The summed E-state index contributed by atoms with van der Waals surface area (Å²) in [4.78, 5) is 15.3. The van der Waals surface area contributed by atoms with Gasteiger partial charge in [-0.05, 0) is 30.0 Å². The van der Waals surface area contributed by atoms with Crippen LogP contribution in [0.5, 0.6) is 0 Å². The molecule has 114 valence electrons. The topological polar surface area (TPSA) is 55.1 Å². The number of halogens is 3. The first kappa shape index (κ1) is 15.7. The third kappa shape index (κ3) is 3.69. The number of nitrogens with zero attached hydrogens (tertiary/aromatic N) is 2. The van der Waals surface area contributed by atoms with Gasteiger partial charge in [-0.25, -0.2) is 9.78 Å². The predicted octanol–water partition coefficient (Wildman–Crippen LogP) is 3.55. The van der Waals surface area contributed by atoms with E-state index in [0.29, 0.717) is 23.3 Å². The fraction of sp³-hybridized carbons (Fsp3) is 0.385. The molecule has 1 aromatic heterocycles. The molecule has 1 aromatic carbocycles. The number of aromatic nitrogens is 2. The minimum Gasteiger partial charge on any atom is -0.478 e. The molecule has 0 saturated heterocycles. The maximum Gasteiger partial charge on any atom is 0.441 e. The molecule has 0 spiro atoms. The van der Waals surface area contributed by atoms with Crippen LogP contribution in [0.4, 0.5) is 13.2 Å². The van der Waals surface area contributed by atoms with Gasteiger partial charge in [0, 0.05) is 18.7 Å². The van der Waals surface area contributed by atoms with Crippen LogP contribution >= 0.6 is 11.8 Å². The molecule has 0 bridgehead atoms. The molecule has 1 N–H and O–H groups in total. The van der Waals surface area contributed by atoms with Crippen molar-refractivity contribution in [2.45, 2.75) is 25.4 Å². The van der Waals surface area contributed by atoms with Crippen molar-refractivity contribution in [1.82, 2.24) is 9.55 Å². The number of carbonyl (C=O) groups is 1. The highest BCUT2D eigenvalue weighted by atomic mass is 32.2. The molecular formula is C13H13F3N2O2S. The predicted molar refractivity (Wildman–Crippen MR) is 74.6 cm³/mol. The highest BCUT2D eigenvalue weighted by Gasteiger charge is 2.27. The molecule has 0 radical (unpaired) electrons. The summed E-state index contributed by atoms with van der Waals surface area (Å²) in [6.07, 6.45) is 0.563. The van der Waals surface area contributed by atoms with Crippen molar-refractivity contribution < 1.29 is 23.1 Å². The van der Waals surface area contributed by atoms with Gasteiger partial charge in [-0.3, -0.25) is 0 Å². The highest BCUT2D eigenvalue weighted by molar-refractivity contribution is 8.00. The Hall–Kier alpha value is -1.70. The fourth-order valence-electron chi connectivity index (χ4n) is 2.08. The SMILES string of the molecule is CCc1nc2ccc(C(=O)O)cc2n1CCSC(F)(F)F. The lowest BCUT2D eigenvalue weighted by molar-refractivity contribution is -0.0328. The first-order valence-corrected chi connectivity index (χ1v) is 7.23. The number of aromatic carboxylic acids is 1. The van der Waals surface area contributed by atoms with Gasteiger partial charge in [-0.15, -0.1) is 0 Å². The Morgan fingerprint density at radius 2 is 2.14 bits per heavy atom. The Bertz CT molecular complexity index is 667. The zero-order valence-electron chi connectivity index (χ0n) is 11.1. The molecule has 0 aliphatic rings. The fourth-order valence-corrected chi connectivity index (χ4v) is 2.58. The third-order valence-corrected chi connectivity index (χ3v) is 3.69. The molecule has 0 fully saturated rings. The van der Waals surface area contributed by atoms with Crippen LogP contribution in [0.3, 0.4) is 0 Å². The van der Waals surface area contributed by atoms with Crippen LogP contribution in [-0.2, 0) is 13.0 Å². The molecule has 1 heterocycles. The minimum atomic E-state index is -4.27. The van der Waals surface area contributed by atoms with Gasteiger partial charge in [-0.2, -0.15) is 13.2 Å². The number of hydrogen-bond donors (Lipinski definition) is 1. The van der Waals surface area contributed by atoms with Crippen LogP contribution < -0.4 is 0 Å². The van der Waals surface area contributed by atoms with Gasteiger partial charge < -0.3 is 9.67 Å². The molecule has 0 amide bonds. The lowest BCUT2D eigenvalue weighted by Gasteiger charge is -2.09. The quantitative estimate of drug-likeness (QED) is 0.916. The van der Waals surface area contributed by atoms with Crippen molar-refractivity contribution in [2.75, 3.05) is 5.75 Å². The Balaban J connectivity index is 2.34. The van der Waals surface area contributed by atoms with E-state index in [-0.39, 0.29) is 29.6 Å². The average Bonchev–Trinajstić information content (AvgIpc) is 2.74. The number of imidazole rings is 1. The molecule has 2 rings (SSSR count). The van der Waals surface area contributed by atoms with Crippen molar-refractivity contribution in [2.24, 2.45) is 0 Å². The van der Waals surface area contributed by atoms with Crippen molar-refractivity contribution in [3.8, 4) is 0 Å². The number of benzene rings is 1. The van der Waals surface area contributed by atoms with Gasteiger partial charge in [0.05, 0.1) is 16.6 Å². The Kier molecular flexibility index (Phi) is 4.46. The van der Waals surface area contributed by atoms with Gasteiger partial charge in [0.1, 0.15) is 5.82 Å². The minimum absolute atomic E-state index is 0.0924. The number of carboxylic acid groups (broad SMARTS) is 1.